The second-order valence-corrected chi connectivity index (χ2v) is 9.60. The molecule has 5 aromatic rings. The van der Waals surface area contributed by atoms with Crippen LogP contribution in [0.2, 0.25) is 0 Å². The van der Waals surface area contributed by atoms with Crippen LogP contribution in [-0.2, 0) is 6.61 Å². The van der Waals surface area contributed by atoms with E-state index in [-0.39, 0.29) is 11.0 Å². The van der Waals surface area contributed by atoms with Gasteiger partial charge in [0, 0.05) is 16.8 Å². The van der Waals surface area contributed by atoms with Gasteiger partial charge in [-0.25, -0.2) is 4.98 Å². The zero-order valence-corrected chi connectivity index (χ0v) is 21.9. The SMILES string of the molecule is CC(C)c1ccc2oc(-c3ccc(NC(=S)NC(=O)c4cccc(OCc5ccccc5)c4)cc3)nc2c1. The molecule has 38 heavy (non-hydrogen) atoms. The van der Waals surface area contributed by atoms with Crippen LogP contribution in [0, 0.1) is 0 Å². The first-order valence-electron chi connectivity index (χ1n) is 12.3. The Hall–Kier alpha value is -4.49. The minimum atomic E-state index is -0.323. The molecule has 1 amide bonds. The Morgan fingerprint density at radius 3 is 2.50 bits per heavy atom. The van der Waals surface area contributed by atoms with Crippen molar-refractivity contribution >= 4 is 40.0 Å². The fourth-order valence-corrected chi connectivity index (χ4v) is 4.14. The highest BCUT2D eigenvalue weighted by Gasteiger charge is 2.12. The Bertz CT molecular complexity index is 1580. The van der Waals surface area contributed by atoms with Crippen molar-refractivity contribution in [2.75, 3.05) is 5.32 Å². The van der Waals surface area contributed by atoms with E-state index >= 15 is 0 Å². The summed E-state index contributed by atoms with van der Waals surface area (Å²) in [6, 6.07) is 30.5. The summed E-state index contributed by atoms with van der Waals surface area (Å²) in [5, 5.41) is 5.96. The molecule has 4 aromatic carbocycles. The molecule has 0 spiro atoms. The van der Waals surface area contributed by atoms with Crippen LogP contribution in [0.5, 0.6) is 5.75 Å². The second kappa shape index (κ2) is 11.3. The molecular weight excluding hydrogens is 494 g/mol. The summed E-state index contributed by atoms with van der Waals surface area (Å²) < 4.78 is 11.8. The third-order valence-electron chi connectivity index (χ3n) is 6.04. The molecule has 2 N–H and O–H groups in total. The van der Waals surface area contributed by atoms with Crippen LogP contribution >= 0.6 is 12.2 Å². The lowest BCUT2D eigenvalue weighted by atomic mass is 10.0. The molecule has 0 aliphatic carbocycles. The van der Waals surface area contributed by atoms with Crippen LogP contribution in [-0.4, -0.2) is 16.0 Å². The summed E-state index contributed by atoms with van der Waals surface area (Å²) in [6.07, 6.45) is 0. The highest BCUT2D eigenvalue weighted by Crippen LogP contribution is 2.27. The van der Waals surface area contributed by atoms with Gasteiger partial charge in [0.25, 0.3) is 5.91 Å². The van der Waals surface area contributed by atoms with Crippen molar-refractivity contribution in [3.63, 3.8) is 0 Å². The first-order valence-corrected chi connectivity index (χ1v) is 12.8. The quantitative estimate of drug-likeness (QED) is 0.219. The van der Waals surface area contributed by atoms with Crippen LogP contribution in [0.4, 0.5) is 5.69 Å². The minimum Gasteiger partial charge on any atom is -0.489 e. The third kappa shape index (κ3) is 6.07. The van der Waals surface area contributed by atoms with Crippen molar-refractivity contribution in [1.82, 2.24) is 10.3 Å². The lowest BCUT2D eigenvalue weighted by Gasteiger charge is -2.11. The molecule has 0 atom stereocenters. The van der Waals surface area contributed by atoms with Gasteiger partial charge in [-0.1, -0.05) is 56.3 Å². The molecule has 0 saturated carbocycles. The molecular formula is C31H27N3O3S. The van der Waals surface area contributed by atoms with Gasteiger partial charge in [-0.3, -0.25) is 10.1 Å². The average Bonchev–Trinajstić information content (AvgIpc) is 3.36. The zero-order valence-electron chi connectivity index (χ0n) is 21.1. The van der Waals surface area contributed by atoms with Crippen molar-refractivity contribution in [2.24, 2.45) is 0 Å². The fraction of sp³-hybridized carbons (Fsp3) is 0.129. The highest BCUT2D eigenvalue weighted by molar-refractivity contribution is 7.80. The number of nitrogens with one attached hydrogen (secondary N) is 2. The number of carbonyl (C=O) groups excluding carboxylic acids is 1. The number of carbonyl (C=O) groups is 1. The highest BCUT2D eigenvalue weighted by atomic mass is 32.1. The molecule has 6 nitrogen and oxygen atoms in total. The van der Waals surface area contributed by atoms with Gasteiger partial charge < -0.3 is 14.5 Å². The lowest BCUT2D eigenvalue weighted by Crippen LogP contribution is -2.34. The second-order valence-electron chi connectivity index (χ2n) is 9.19. The standard InChI is InChI=1S/C31H27N3O3S/c1-20(2)23-13-16-28-27(18-23)33-30(37-28)22-11-14-25(15-12-22)32-31(38)34-29(35)24-9-6-10-26(17-24)36-19-21-7-4-3-5-8-21/h3-18,20H,19H2,1-2H3,(H2,32,34,35,38). The molecule has 1 heterocycles. The number of fused-ring (bicyclic) bond motifs is 1. The predicted octanol–water partition coefficient (Wildman–Crippen LogP) is 7.32. The van der Waals surface area contributed by atoms with Crippen LogP contribution in [0.3, 0.4) is 0 Å². The molecule has 0 bridgehead atoms. The molecule has 0 aliphatic rings. The Labute approximate surface area is 226 Å². The summed E-state index contributed by atoms with van der Waals surface area (Å²) in [5.74, 6) is 1.26. The fourth-order valence-electron chi connectivity index (χ4n) is 3.93. The smallest absolute Gasteiger partial charge is 0.257 e. The number of hydrogen-bond donors (Lipinski definition) is 2. The predicted molar refractivity (Wildman–Crippen MR) is 154 cm³/mol. The van der Waals surface area contributed by atoms with Gasteiger partial charge in [-0.2, -0.15) is 0 Å². The van der Waals surface area contributed by atoms with Gasteiger partial charge in [-0.05, 0) is 83.9 Å². The molecule has 1 aromatic heterocycles. The summed E-state index contributed by atoms with van der Waals surface area (Å²) in [6.45, 7) is 4.73. The maximum atomic E-state index is 12.7. The van der Waals surface area contributed by atoms with E-state index in [1.54, 1.807) is 18.2 Å². The average molecular weight is 522 g/mol. The molecule has 0 radical (unpaired) electrons. The van der Waals surface area contributed by atoms with Gasteiger partial charge in [0.15, 0.2) is 10.7 Å². The van der Waals surface area contributed by atoms with Crippen molar-refractivity contribution in [1.29, 1.82) is 0 Å². The molecule has 0 saturated heterocycles. The van der Waals surface area contributed by atoms with Crippen molar-refractivity contribution in [3.8, 4) is 17.2 Å². The van der Waals surface area contributed by atoms with Gasteiger partial charge in [0.05, 0.1) is 0 Å². The number of rotatable bonds is 7. The Morgan fingerprint density at radius 1 is 0.947 bits per heavy atom. The van der Waals surface area contributed by atoms with Gasteiger partial charge in [0.2, 0.25) is 5.89 Å². The summed E-state index contributed by atoms with van der Waals surface area (Å²) in [5.41, 5.74) is 5.90. The van der Waals surface area contributed by atoms with E-state index in [4.69, 9.17) is 21.4 Å². The largest absolute Gasteiger partial charge is 0.489 e. The number of nitrogens with zero attached hydrogens (tertiary/aromatic N) is 1. The van der Waals surface area contributed by atoms with E-state index in [0.29, 0.717) is 29.7 Å². The molecule has 0 fully saturated rings. The van der Waals surface area contributed by atoms with Crippen LogP contribution in [0.1, 0.15) is 41.3 Å². The van der Waals surface area contributed by atoms with Gasteiger partial charge >= 0.3 is 0 Å². The topological polar surface area (TPSA) is 76.4 Å². The minimum absolute atomic E-state index is 0.196. The third-order valence-corrected chi connectivity index (χ3v) is 6.24. The monoisotopic (exact) mass is 521 g/mol. The molecule has 5 rings (SSSR count). The van der Waals surface area contributed by atoms with Crippen molar-refractivity contribution < 1.29 is 13.9 Å². The van der Waals surface area contributed by atoms with Crippen LogP contribution in [0.15, 0.2) is 101 Å². The van der Waals surface area contributed by atoms with Crippen LogP contribution < -0.4 is 15.4 Å². The van der Waals surface area contributed by atoms with Gasteiger partial charge in [-0.15, -0.1) is 0 Å². The Kier molecular flexibility index (Phi) is 7.47. The number of ether oxygens (including phenoxy) is 1. The van der Waals surface area contributed by atoms with E-state index < -0.39 is 0 Å². The number of amides is 1. The van der Waals surface area contributed by atoms with E-state index in [1.807, 2.05) is 66.7 Å². The maximum absolute atomic E-state index is 12.7. The van der Waals surface area contributed by atoms with Gasteiger partial charge in [0.1, 0.15) is 17.9 Å². The molecule has 190 valence electrons. The first kappa shape index (κ1) is 25.2. The normalized spacial score (nSPS) is 10.9. The Balaban J connectivity index is 1.18. The molecule has 0 aliphatic heterocycles. The van der Waals surface area contributed by atoms with Crippen molar-refractivity contribution in [2.45, 2.75) is 26.4 Å². The van der Waals surface area contributed by atoms with Crippen LogP contribution in [0.25, 0.3) is 22.6 Å². The number of thiocarbonyl (C=S) groups is 1. The number of oxazole rings is 1. The zero-order chi connectivity index (χ0) is 26.5. The number of aromatic nitrogens is 1. The van der Waals surface area contributed by atoms with E-state index in [2.05, 4.69) is 41.6 Å². The maximum Gasteiger partial charge on any atom is 0.257 e. The van der Waals surface area contributed by atoms with E-state index in [0.717, 1.165) is 27.9 Å². The lowest BCUT2D eigenvalue weighted by molar-refractivity contribution is 0.0977. The summed E-state index contributed by atoms with van der Waals surface area (Å²) in [4.78, 5) is 17.4. The molecule has 0 unspecified atom stereocenters. The number of benzene rings is 4. The molecule has 7 heteroatoms. The van der Waals surface area contributed by atoms with E-state index in [1.165, 1.54) is 5.56 Å². The Morgan fingerprint density at radius 2 is 1.74 bits per heavy atom. The summed E-state index contributed by atoms with van der Waals surface area (Å²) >= 11 is 5.36. The van der Waals surface area contributed by atoms with Crippen molar-refractivity contribution in [3.05, 3.63) is 114 Å². The first-order chi connectivity index (χ1) is 18.4. The number of anilines is 1. The summed E-state index contributed by atoms with van der Waals surface area (Å²) in [7, 11) is 0. The van der Waals surface area contributed by atoms with E-state index in [9.17, 15) is 4.79 Å². The number of hydrogen-bond acceptors (Lipinski definition) is 5.